The number of carbonyl (C=O) groups is 1. The van der Waals surface area contributed by atoms with Gasteiger partial charge in [0.05, 0.1) is 4.92 Å². The van der Waals surface area contributed by atoms with Crippen molar-refractivity contribution in [1.82, 2.24) is 4.90 Å². The number of hydrogen-bond donors (Lipinski definition) is 0. The third-order valence-corrected chi connectivity index (χ3v) is 3.07. The van der Waals surface area contributed by atoms with Crippen molar-refractivity contribution in [2.45, 2.75) is 6.54 Å². The lowest BCUT2D eigenvalue weighted by atomic mass is 10.1. The van der Waals surface area contributed by atoms with E-state index in [-0.39, 0.29) is 17.9 Å². The number of benzene rings is 2. The number of nitro benzene ring substituents is 1. The second-order valence-corrected chi connectivity index (χ2v) is 4.71. The van der Waals surface area contributed by atoms with Gasteiger partial charge in [0.15, 0.2) is 0 Å². The molecule has 0 aliphatic rings. The zero-order valence-electron chi connectivity index (χ0n) is 11.6. The first-order chi connectivity index (χ1) is 10.4. The van der Waals surface area contributed by atoms with Gasteiger partial charge in [0, 0.05) is 25.2 Å². The SMILES string of the molecule is CN(Cc1ccc(F)cc1)C(=O)c1ccc(F)c([N+](=O)[O-])c1. The van der Waals surface area contributed by atoms with Gasteiger partial charge in [-0.3, -0.25) is 14.9 Å². The molecule has 2 rings (SSSR count). The van der Waals surface area contributed by atoms with Crippen LogP contribution in [0.1, 0.15) is 15.9 Å². The molecule has 5 nitrogen and oxygen atoms in total. The van der Waals surface area contributed by atoms with E-state index < -0.39 is 22.3 Å². The highest BCUT2D eigenvalue weighted by Gasteiger charge is 2.19. The molecule has 0 saturated heterocycles. The molecule has 0 fully saturated rings. The average molecular weight is 306 g/mol. The molecule has 0 bridgehead atoms. The number of halogens is 2. The number of rotatable bonds is 4. The normalized spacial score (nSPS) is 10.3. The number of amides is 1. The van der Waals surface area contributed by atoms with E-state index in [4.69, 9.17) is 0 Å². The minimum Gasteiger partial charge on any atom is -0.337 e. The van der Waals surface area contributed by atoms with E-state index in [0.717, 1.165) is 12.1 Å². The Kier molecular flexibility index (Phi) is 4.45. The van der Waals surface area contributed by atoms with Crippen molar-refractivity contribution >= 4 is 11.6 Å². The molecule has 22 heavy (non-hydrogen) atoms. The van der Waals surface area contributed by atoms with Gasteiger partial charge in [-0.1, -0.05) is 12.1 Å². The number of nitro groups is 1. The lowest BCUT2D eigenvalue weighted by Crippen LogP contribution is -2.26. The summed E-state index contributed by atoms with van der Waals surface area (Å²) in [6.07, 6.45) is 0. The van der Waals surface area contributed by atoms with Crippen LogP contribution in [0.4, 0.5) is 14.5 Å². The minimum absolute atomic E-state index is 0.0118. The van der Waals surface area contributed by atoms with Crippen LogP contribution in [-0.4, -0.2) is 22.8 Å². The summed E-state index contributed by atoms with van der Waals surface area (Å²) in [5.74, 6) is -1.87. The molecule has 0 N–H and O–H groups in total. The van der Waals surface area contributed by atoms with Gasteiger partial charge in [0.25, 0.3) is 5.91 Å². The van der Waals surface area contributed by atoms with E-state index in [1.165, 1.54) is 42.3 Å². The average Bonchev–Trinajstić information content (AvgIpc) is 2.49. The molecule has 0 atom stereocenters. The van der Waals surface area contributed by atoms with Crippen LogP contribution in [-0.2, 0) is 6.54 Å². The summed E-state index contributed by atoms with van der Waals surface area (Å²) >= 11 is 0. The van der Waals surface area contributed by atoms with Crippen molar-refractivity contribution in [3.63, 3.8) is 0 Å². The zero-order valence-corrected chi connectivity index (χ0v) is 11.6. The molecule has 2 aromatic carbocycles. The highest BCUT2D eigenvalue weighted by atomic mass is 19.1. The quantitative estimate of drug-likeness (QED) is 0.644. The highest BCUT2D eigenvalue weighted by molar-refractivity contribution is 5.94. The van der Waals surface area contributed by atoms with E-state index >= 15 is 0 Å². The van der Waals surface area contributed by atoms with Gasteiger partial charge >= 0.3 is 5.69 Å². The maximum atomic E-state index is 13.3. The molecule has 0 aliphatic carbocycles. The van der Waals surface area contributed by atoms with Crippen LogP contribution in [0.3, 0.4) is 0 Å². The monoisotopic (exact) mass is 306 g/mol. The topological polar surface area (TPSA) is 63.5 Å². The Morgan fingerprint density at radius 2 is 1.82 bits per heavy atom. The van der Waals surface area contributed by atoms with Crippen molar-refractivity contribution in [1.29, 1.82) is 0 Å². The van der Waals surface area contributed by atoms with Crippen molar-refractivity contribution in [3.05, 3.63) is 75.3 Å². The molecule has 0 saturated carbocycles. The van der Waals surface area contributed by atoms with Crippen LogP contribution < -0.4 is 0 Å². The largest absolute Gasteiger partial charge is 0.337 e. The Hall–Kier alpha value is -2.83. The second kappa shape index (κ2) is 6.30. The molecule has 1 amide bonds. The number of hydrogen-bond acceptors (Lipinski definition) is 3. The molecule has 0 aromatic heterocycles. The molecule has 7 heteroatoms. The van der Waals surface area contributed by atoms with E-state index in [9.17, 15) is 23.7 Å². The smallest absolute Gasteiger partial charge is 0.305 e. The second-order valence-electron chi connectivity index (χ2n) is 4.71. The van der Waals surface area contributed by atoms with Gasteiger partial charge < -0.3 is 4.90 Å². The summed E-state index contributed by atoms with van der Waals surface area (Å²) in [6, 6.07) is 8.59. The summed E-state index contributed by atoms with van der Waals surface area (Å²) in [6.45, 7) is 0.199. The molecular weight excluding hydrogens is 294 g/mol. The summed E-state index contributed by atoms with van der Waals surface area (Å²) in [5.41, 5.74) is -0.0346. The van der Waals surface area contributed by atoms with Crippen LogP contribution in [0.5, 0.6) is 0 Å². The third kappa shape index (κ3) is 3.43. The molecular formula is C15H12F2N2O3. The van der Waals surface area contributed by atoms with Gasteiger partial charge in [-0.15, -0.1) is 0 Å². The van der Waals surface area contributed by atoms with E-state index in [2.05, 4.69) is 0 Å². The molecule has 0 radical (unpaired) electrons. The van der Waals surface area contributed by atoms with Crippen LogP contribution in [0, 0.1) is 21.7 Å². The first-order valence-corrected chi connectivity index (χ1v) is 6.32. The number of carbonyl (C=O) groups excluding carboxylic acids is 1. The Morgan fingerprint density at radius 1 is 1.18 bits per heavy atom. The summed E-state index contributed by atoms with van der Waals surface area (Å²) in [7, 11) is 1.50. The van der Waals surface area contributed by atoms with Crippen LogP contribution in [0.25, 0.3) is 0 Å². The fourth-order valence-electron chi connectivity index (χ4n) is 1.94. The minimum atomic E-state index is -0.997. The molecule has 0 spiro atoms. The lowest BCUT2D eigenvalue weighted by molar-refractivity contribution is -0.387. The van der Waals surface area contributed by atoms with Gasteiger partial charge in [0.1, 0.15) is 5.82 Å². The van der Waals surface area contributed by atoms with Crippen LogP contribution >= 0.6 is 0 Å². The summed E-state index contributed by atoms with van der Waals surface area (Å²) in [4.78, 5) is 23.3. The van der Waals surface area contributed by atoms with Crippen molar-refractivity contribution in [3.8, 4) is 0 Å². The number of nitrogens with zero attached hydrogens (tertiary/aromatic N) is 2. The van der Waals surface area contributed by atoms with E-state index in [1.807, 2.05) is 0 Å². The maximum Gasteiger partial charge on any atom is 0.305 e. The Labute approximate surface area is 124 Å². The van der Waals surface area contributed by atoms with E-state index in [1.54, 1.807) is 0 Å². The first kappa shape index (κ1) is 15.6. The summed E-state index contributed by atoms with van der Waals surface area (Å²) in [5, 5.41) is 10.7. The van der Waals surface area contributed by atoms with Gasteiger partial charge in [-0.05, 0) is 29.8 Å². The van der Waals surface area contributed by atoms with Gasteiger partial charge in [-0.2, -0.15) is 4.39 Å². The molecule has 2 aromatic rings. The molecule has 0 unspecified atom stereocenters. The third-order valence-electron chi connectivity index (χ3n) is 3.07. The predicted octanol–water partition coefficient (Wildman–Crippen LogP) is 3.15. The molecule has 0 aliphatic heterocycles. The predicted molar refractivity (Wildman–Crippen MR) is 75.3 cm³/mol. The Morgan fingerprint density at radius 3 is 2.41 bits per heavy atom. The van der Waals surface area contributed by atoms with E-state index in [0.29, 0.717) is 5.56 Å². The maximum absolute atomic E-state index is 13.3. The Balaban J connectivity index is 2.18. The Bertz CT molecular complexity index is 717. The first-order valence-electron chi connectivity index (χ1n) is 6.32. The van der Waals surface area contributed by atoms with Gasteiger partial charge in [-0.25, -0.2) is 4.39 Å². The van der Waals surface area contributed by atoms with Crippen molar-refractivity contribution in [2.24, 2.45) is 0 Å². The lowest BCUT2D eigenvalue weighted by Gasteiger charge is -2.17. The van der Waals surface area contributed by atoms with Crippen molar-refractivity contribution in [2.75, 3.05) is 7.05 Å². The fraction of sp³-hybridized carbons (Fsp3) is 0.133. The standard InChI is InChI=1S/C15H12F2N2O3/c1-18(9-10-2-5-12(16)6-3-10)15(20)11-4-7-13(17)14(8-11)19(21)22/h2-8H,9H2,1H3. The molecule has 0 heterocycles. The highest BCUT2D eigenvalue weighted by Crippen LogP contribution is 2.20. The fourth-order valence-corrected chi connectivity index (χ4v) is 1.94. The van der Waals surface area contributed by atoms with Crippen molar-refractivity contribution < 1.29 is 18.5 Å². The van der Waals surface area contributed by atoms with Crippen LogP contribution in [0.15, 0.2) is 42.5 Å². The van der Waals surface area contributed by atoms with Gasteiger partial charge in [0.2, 0.25) is 5.82 Å². The zero-order chi connectivity index (χ0) is 16.3. The summed E-state index contributed by atoms with van der Waals surface area (Å²) < 4.78 is 26.1. The van der Waals surface area contributed by atoms with Crippen LogP contribution in [0.2, 0.25) is 0 Å². The molecule has 114 valence electrons.